The number of nitrogens with zero attached hydrogens (tertiary/aromatic N) is 1. The van der Waals surface area contributed by atoms with Gasteiger partial charge in [-0.2, -0.15) is 0 Å². The van der Waals surface area contributed by atoms with Crippen LogP contribution in [0.25, 0.3) is 0 Å². The second-order valence-corrected chi connectivity index (χ2v) is 7.24. The van der Waals surface area contributed by atoms with E-state index in [2.05, 4.69) is 4.74 Å². The van der Waals surface area contributed by atoms with E-state index >= 15 is 0 Å². The standard InChI is InChI=1S/C15H23F2NO4/c1-12(2,3)22-11(20)18-8-6-14(7-9-18)13(4,10(19)21-5)15(14,16)17/h6-9H2,1-5H3. The Hall–Kier alpha value is -1.40. The van der Waals surface area contributed by atoms with Crippen molar-refractivity contribution in [1.82, 2.24) is 4.90 Å². The predicted molar refractivity (Wildman–Crippen MR) is 74.5 cm³/mol. The summed E-state index contributed by atoms with van der Waals surface area (Å²) in [6, 6.07) is 0. The van der Waals surface area contributed by atoms with Crippen LogP contribution in [-0.2, 0) is 14.3 Å². The Bertz CT molecular complexity index is 492. The number of carbonyl (C=O) groups excluding carboxylic acids is 2. The summed E-state index contributed by atoms with van der Waals surface area (Å²) in [6.07, 6.45) is -0.388. The van der Waals surface area contributed by atoms with Crippen molar-refractivity contribution in [3.63, 3.8) is 0 Å². The van der Waals surface area contributed by atoms with Crippen molar-refractivity contribution in [3.05, 3.63) is 0 Å². The SMILES string of the molecule is COC(=O)C1(C)C(F)(F)C12CCN(C(=O)OC(C)(C)C)CC2. The van der Waals surface area contributed by atoms with E-state index < -0.39 is 34.4 Å². The van der Waals surface area contributed by atoms with Crippen LogP contribution >= 0.6 is 0 Å². The van der Waals surface area contributed by atoms with Crippen LogP contribution in [0.2, 0.25) is 0 Å². The Morgan fingerprint density at radius 3 is 2.05 bits per heavy atom. The molecule has 2 aliphatic rings. The highest BCUT2D eigenvalue weighted by atomic mass is 19.3. The fourth-order valence-electron chi connectivity index (χ4n) is 3.51. The van der Waals surface area contributed by atoms with Crippen LogP contribution in [0.5, 0.6) is 0 Å². The van der Waals surface area contributed by atoms with Gasteiger partial charge in [0, 0.05) is 13.1 Å². The predicted octanol–water partition coefficient (Wildman–Crippen LogP) is 2.83. The van der Waals surface area contributed by atoms with Gasteiger partial charge in [-0.1, -0.05) is 0 Å². The van der Waals surface area contributed by atoms with Gasteiger partial charge in [0.15, 0.2) is 0 Å². The largest absolute Gasteiger partial charge is 0.468 e. The molecule has 0 aromatic rings. The van der Waals surface area contributed by atoms with E-state index in [9.17, 15) is 18.4 Å². The number of esters is 1. The van der Waals surface area contributed by atoms with Crippen molar-refractivity contribution in [2.75, 3.05) is 20.2 Å². The lowest BCUT2D eigenvalue weighted by Crippen LogP contribution is -2.44. The summed E-state index contributed by atoms with van der Waals surface area (Å²) < 4.78 is 38.4. The van der Waals surface area contributed by atoms with Crippen LogP contribution in [0.15, 0.2) is 0 Å². The summed E-state index contributed by atoms with van der Waals surface area (Å²) in [4.78, 5) is 25.2. The molecule has 1 atom stereocenters. The second kappa shape index (κ2) is 4.80. The van der Waals surface area contributed by atoms with E-state index in [1.165, 1.54) is 11.8 Å². The van der Waals surface area contributed by atoms with Crippen LogP contribution in [0.3, 0.4) is 0 Å². The summed E-state index contributed by atoms with van der Waals surface area (Å²) in [5.41, 5.74) is -3.84. The second-order valence-electron chi connectivity index (χ2n) is 7.24. The molecule has 1 spiro atoms. The third-order valence-corrected chi connectivity index (χ3v) is 4.99. The number of rotatable bonds is 1. The average Bonchev–Trinajstić information content (AvgIpc) is 2.78. The van der Waals surface area contributed by atoms with Crippen molar-refractivity contribution in [3.8, 4) is 0 Å². The number of hydrogen-bond donors (Lipinski definition) is 0. The zero-order valence-electron chi connectivity index (χ0n) is 13.7. The quantitative estimate of drug-likeness (QED) is 0.697. The van der Waals surface area contributed by atoms with Crippen molar-refractivity contribution in [2.45, 2.75) is 52.1 Å². The van der Waals surface area contributed by atoms with Crippen LogP contribution < -0.4 is 0 Å². The number of likely N-dealkylation sites (tertiary alicyclic amines) is 1. The van der Waals surface area contributed by atoms with Gasteiger partial charge in [-0.05, 0) is 40.5 Å². The molecule has 1 heterocycles. The fourth-order valence-corrected chi connectivity index (χ4v) is 3.51. The lowest BCUT2D eigenvalue weighted by molar-refractivity contribution is -0.150. The minimum absolute atomic E-state index is 0.0604. The molecule has 1 saturated heterocycles. The summed E-state index contributed by atoms with van der Waals surface area (Å²) in [6.45, 7) is 6.80. The molecule has 0 bridgehead atoms. The molecule has 1 unspecified atom stereocenters. The minimum Gasteiger partial charge on any atom is -0.468 e. The van der Waals surface area contributed by atoms with Crippen molar-refractivity contribution >= 4 is 12.1 Å². The van der Waals surface area contributed by atoms with Gasteiger partial charge in [0.1, 0.15) is 11.0 Å². The van der Waals surface area contributed by atoms with Gasteiger partial charge in [0.25, 0.3) is 5.92 Å². The summed E-state index contributed by atoms with van der Waals surface area (Å²) in [5, 5.41) is 0. The molecule has 7 heteroatoms. The molecule has 1 saturated carbocycles. The maximum absolute atomic E-state index is 14.3. The highest BCUT2D eigenvalue weighted by Gasteiger charge is 2.92. The van der Waals surface area contributed by atoms with Crippen molar-refractivity contribution in [2.24, 2.45) is 10.8 Å². The molecule has 0 aromatic heterocycles. The van der Waals surface area contributed by atoms with Gasteiger partial charge in [-0.15, -0.1) is 0 Å². The Balaban J connectivity index is 2.07. The highest BCUT2D eigenvalue weighted by Crippen LogP contribution is 2.79. The van der Waals surface area contributed by atoms with Crippen LogP contribution in [-0.4, -0.2) is 48.7 Å². The summed E-state index contributed by atoms with van der Waals surface area (Å²) >= 11 is 0. The first-order chi connectivity index (χ1) is 9.93. The van der Waals surface area contributed by atoms with E-state index in [-0.39, 0.29) is 25.9 Å². The molecule has 2 rings (SSSR count). The first-order valence-corrected chi connectivity index (χ1v) is 7.37. The van der Waals surface area contributed by atoms with Crippen molar-refractivity contribution < 1.29 is 27.8 Å². The third kappa shape index (κ3) is 2.08. The molecular formula is C15H23F2NO4. The number of alkyl halides is 2. The van der Waals surface area contributed by atoms with E-state index in [1.807, 2.05) is 0 Å². The van der Waals surface area contributed by atoms with Gasteiger partial charge < -0.3 is 14.4 Å². The Morgan fingerprint density at radius 1 is 1.14 bits per heavy atom. The highest BCUT2D eigenvalue weighted by molar-refractivity contribution is 5.84. The molecule has 0 N–H and O–H groups in total. The van der Waals surface area contributed by atoms with E-state index in [0.29, 0.717) is 0 Å². The summed E-state index contributed by atoms with van der Waals surface area (Å²) in [5.74, 6) is -3.99. The number of hydrogen-bond acceptors (Lipinski definition) is 4. The van der Waals surface area contributed by atoms with Gasteiger partial charge >= 0.3 is 12.1 Å². The maximum Gasteiger partial charge on any atom is 0.410 e. The lowest BCUT2D eigenvalue weighted by Gasteiger charge is -2.34. The molecular weight excluding hydrogens is 296 g/mol. The molecule has 0 aromatic carbocycles. The zero-order valence-corrected chi connectivity index (χ0v) is 13.7. The number of methoxy groups -OCH3 is 1. The first kappa shape index (κ1) is 17.0. The molecule has 2 fully saturated rings. The fraction of sp³-hybridized carbons (Fsp3) is 0.867. The lowest BCUT2D eigenvalue weighted by atomic mass is 9.85. The number of carbonyl (C=O) groups is 2. The smallest absolute Gasteiger partial charge is 0.410 e. The molecule has 1 amide bonds. The van der Waals surface area contributed by atoms with Gasteiger partial charge in [0.05, 0.1) is 12.5 Å². The monoisotopic (exact) mass is 319 g/mol. The molecule has 126 valence electrons. The number of halogens is 2. The Morgan fingerprint density at radius 2 is 1.64 bits per heavy atom. The minimum atomic E-state index is -3.10. The maximum atomic E-state index is 14.3. The molecule has 0 radical (unpaired) electrons. The number of amides is 1. The van der Waals surface area contributed by atoms with Crippen molar-refractivity contribution in [1.29, 1.82) is 0 Å². The van der Waals surface area contributed by atoms with Gasteiger partial charge in [0.2, 0.25) is 0 Å². The molecule has 22 heavy (non-hydrogen) atoms. The summed E-state index contributed by atoms with van der Waals surface area (Å²) in [7, 11) is 1.12. The number of piperidine rings is 1. The van der Waals surface area contributed by atoms with E-state index in [4.69, 9.17) is 4.74 Å². The van der Waals surface area contributed by atoms with Crippen LogP contribution in [0.4, 0.5) is 13.6 Å². The van der Waals surface area contributed by atoms with E-state index in [0.717, 1.165) is 7.11 Å². The Labute approximate surface area is 128 Å². The number of ether oxygens (including phenoxy) is 2. The molecule has 5 nitrogen and oxygen atoms in total. The third-order valence-electron chi connectivity index (χ3n) is 4.99. The molecule has 1 aliphatic carbocycles. The van der Waals surface area contributed by atoms with Gasteiger partial charge in [-0.3, -0.25) is 4.79 Å². The average molecular weight is 319 g/mol. The van der Waals surface area contributed by atoms with Crippen LogP contribution in [0.1, 0.15) is 40.5 Å². The topological polar surface area (TPSA) is 55.8 Å². The molecule has 1 aliphatic heterocycles. The zero-order chi connectivity index (χ0) is 17.0. The first-order valence-electron chi connectivity index (χ1n) is 7.37. The normalized spacial score (nSPS) is 29.1. The van der Waals surface area contributed by atoms with Crippen LogP contribution in [0, 0.1) is 10.8 Å². The van der Waals surface area contributed by atoms with E-state index in [1.54, 1.807) is 20.8 Å². The van der Waals surface area contributed by atoms with Gasteiger partial charge in [-0.25, -0.2) is 13.6 Å². The Kier molecular flexibility index (Phi) is 3.70.